The number of nitrogens with two attached hydrogens (primary N) is 3. The number of carbonyl (C=O) groups excluding carboxylic acids is 2. The van der Waals surface area contributed by atoms with Gasteiger partial charge >= 0.3 is 0 Å². The zero-order valence-corrected chi connectivity index (χ0v) is 12.3. The van der Waals surface area contributed by atoms with E-state index in [-0.39, 0.29) is 18.1 Å². The SMILES string of the molecule is NC(=O)CN(CC(N)=O)c1ccc(C(N)=S)c(Br)c1. The highest BCUT2D eigenvalue weighted by Gasteiger charge is 2.14. The molecule has 6 nitrogen and oxygen atoms in total. The molecular weight excluding hydrogens is 332 g/mol. The van der Waals surface area contributed by atoms with Crippen LogP contribution in [0.1, 0.15) is 5.56 Å². The number of carbonyl (C=O) groups is 2. The molecule has 102 valence electrons. The van der Waals surface area contributed by atoms with Crippen LogP contribution in [0, 0.1) is 0 Å². The Hall–Kier alpha value is -1.67. The maximum atomic E-state index is 11.0. The van der Waals surface area contributed by atoms with E-state index in [4.69, 9.17) is 29.4 Å². The number of hydrogen-bond acceptors (Lipinski definition) is 4. The molecule has 0 aliphatic carbocycles. The van der Waals surface area contributed by atoms with E-state index in [2.05, 4.69) is 15.9 Å². The molecule has 0 fully saturated rings. The fourth-order valence-electron chi connectivity index (χ4n) is 1.52. The van der Waals surface area contributed by atoms with Crippen LogP contribution in [0.5, 0.6) is 0 Å². The van der Waals surface area contributed by atoms with Crippen LogP contribution in [0.15, 0.2) is 22.7 Å². The first-order chi connectivity index (χ1) is 8.81. The van der Waals surface area contributed by atoms with E-state index in [0.29, 0.717) is 15.7 Å². The molecule has 0 radical (unpaired) electrons. The summed E-state index contributed by atoms with van der Waals surface area (Å²) in [6.07, 6.45) is 0. The number of anilines is 1. The number of benzene rings is 1. The average Bonchev–Trinajstić information content (AvgIpc) is 2.26. The van der Waals surface area contributed by atoms with E-state index in [1.807, 2.05) is 0 Å². The fourth-order valence-corrected chi connectivity index (χ4v) is 2.40. The first-order valence-electron chi connectivity index (χ1n) is 5.22. The Labute approximate surface area is 124 Å². The lowest BCUT2D eigenvalue weighted by atomic mass is 10.2. The van der Waals surface area contributed by atoms with Gasteiger partial charge < -0.3 is 22.1 Å². The van der Waals surface area contributed by atoms with Crippen molar-refractivity contribution in [2.75, 3.05) is 18.0 Å². The van der Waals surface area contributed by atoms with Gasteiger partial charge in [0.05, 0.1) is 13.1 Å². The number of hydrogen-bond donors (Lipinski definition) is 3. The molecule has 1 aromatic rings. The second-order valence-electron chi connectivity index (χ2n) is 3.82. The van der Waals surface area contributed by atoms with Crippen molar-refractivity contribution in [1.29, 1.82) is 0 Å². The predicted octanol–water partition coefficient (Wildman–Crippen LogP) is -0.140. The molecule has 1 aromatic carbocycles. The van der Waals surface area contributed by atoms with Crippen LogP contribution in [0.3, 0.4) is 0 Å². The Morgan fingerprint density at radius 3 is 2.05 bits per heavy atom. The maximum absolute atomic E-state index is 11.0. The molecular formula is C11H13BrN4O2S. The highest BCUT2D eigenvalue weighted by molar-refractivity contribution is 9.10. The van der Waals surface area contributed by atoms with Gasteiger partial charge in [0.2, 0.25) is 11.8 Å². The first kappa shape index (κ1) is 15.4. The number of amides is 2. The highest BCUT2D eigenvalue weighted by atomic mass is 79.9. The monoisotopic (exact) mass is 344 g/mol. The minimum absolute atomic E-state index is 0.109. The zero-order valence-electron chi connectivity index (χ0n) is 9.93. The van der Waals surface area contributed by atoms with Crippen LogP contribution >= 0.6 is 28.1 Å². The highest BCUT2D eigenvalue weighted by Crippen LogP contribution is 2.24. The van der Waals surface area contributed by atoms with Gasteiger partial charge in [-0.1, -0.05) is 12.2 Å². The molecule has 0 heterocycles. The third kappa shape index (κ3) is 4.49. The van der Waals surface area contributed by atoms with Crippen molar-refractivity contribution in [1.82, 2.24) is 0 Å². The van der Waals surface area contributed by atoms with Crippen LogP contribution in [-0.4, -0.2) is 29.9 Å². The zero-order chi connectivity index (χ0) is 14.6. The van der Waals surface area contributed by atoms with Crippen molar-refractivity contribution in [3.05, 3.63) is 28.2 Å². The van der Waals surface area contributed by atoms with Crippen molar-refractivity contribution in [2.45, 2.75) is 0 Å². The summed E-state index contributed by atoms with van der Waals surface area (Å²) in [6, 6.07) is 5.07. The molecule has 19 heavy (non-hydrogen) atoms. The van der Waals surface area contributed by atoms with E-state index < -0.39 is 11.8 Å². The second-order valence-corrected chi connectivity index (χ2v) is 5.11. The summed E-state index contributed by atoms with van der Waals surface area (Å²) in [5.41, 5.74) is 17.1. The third-order valence-corrected chi connectivity index (χ3v) is 3.15. The molecule has 0 bridgehead atoms. The van der Waals surface area contributed by atoms with Crippen LogP contribution in [0.2, 0.25) is 0 Å². The summed E-state index contributed by atoms with van der Waals surface area (Å²) >= 11 is 8.21. The minimum Gasteiger partial charge on any atom is -0.389 e. The van der Waals surface area contributed by atoms with Gasteiger partial charge in [0, 0.05) is 15.7 Å². The van der Waals surface area contributed by atoms with Crippen LogP contribution < -0.4 is 22.1 Å². The predicted molar refractivity (Wildman–Crippen MR) is 80.6 cm³/mol. The molecule has 0 aromatic heterocycles. The lowest BCUT2D eigenvalue weighted by Crippen LogP contribution is -2.39. The van der Waals surface area contributed by atoms with E-state index in [9.17, 15) is 9.59 Å². The number of nitrogens with zero attached hydrogens (tertiary/aromatic N) is 1. The van der Waals surface area contributed by atoms with E-state index in [1.54, 1.807) is 18.2 Å². The van der Waals surface area contributed by atoms with Crippen molar-refractivity contribution >= 4 is 50.6 Å². The summed E-state index contributed by atoms with van der Waals surface area (Å²) in [6.45, 7) is -0.219. The number of primary amides is 2. The summed E-state index contributed by atoms with van der Waals surface area (Å²) < 4.78 is 0.663. The molecule has 8 heteroatoms. The Kier molecular flexibility index (Phi) is 5.25. The second kappa shape index (κ2) is 6.48. The molecule has 6 N–H and O–H groups in total. The van der Waals surface area contributed by atoms with Gasteiger partial charge in [-0.05, 0) is 34.1 Å². The molecule has 0 saturated heterocycles. The Balaban J connectivity index is 3.08. The van der Waals surface area contributed by atoms with Gasteiger partial charge in [-0.2, -0.15) is 0 Å². The van der Waals surface area contributed by atoms with Crippen LogP contribution in [-0.2, 0) is 9.59 Å². The quantitative estimate of drug-likeness (QED) is 0.621. The standard InChI is InChI=1S/C11H13BrN4O2S/c12-8-3-6(1-2-7(8)11(15)19)16(4-9(13)17)5-10(14)18/h1-3H,4-5H2,(H2,13,17)(H2,14,18)(H2,15,19). The topological polar surface area (TPSA) is 115 Å². The molecule has 0 unspecified atom stereocenters. The van der Waals surface area contributed by atoms with E-state index in [1.165, 1.54) is 4.90 Å². The molecule has 0 saturated carbocycles. The minimum atomic E-state index is -0.559. The van der Waals surface area contributed by atoms with Gasteiger partial charge in [-0.15, -0.1) is 0 Å². The normalized spacial score (nSPS) is 9.95. The van der Waals surface area contributed by atoms with Gasteiger partial charge in [-0.25, -0.2) is 0 Å². The van der Waals surface area contributed by atoms with Crippen molar-refractivity contribution < 1.29 is 9.59 Å². The Morgan fingerprint density at radius 2 is 1.68 bits per heavy atom. The molecule has 2 amide bonds. The number of rotatable bonds is 6. The van der Waals surface area contributed by atoms with Gasteiger partial charge in [-0.3, -0.25) is 9.59 Å². The van der Waals surface area contributed by atoms with Crippen molar-refractivity contribution in [2.24, 2.45) is 17.2 Å². The Morgan fingerprint density at radius 1 is 1.16 bits per heavy atom. The average molecular weight is 345 g/mol. The summed E-state index contributed by atoms with van der Waals surface area (Å²) in [7, 11) is 0. The van der Waals surface area contributed by atoms with E-state index >= 15 is 0 Å². The molecule has 0 atom stereocenters. The van der Waals surface area contributed by atoms with Gasteiger partial charge in [0.15, 0.2) is 0 Å². The van der Waals surface area contributed by atoms with Gasteiger partial charge in [0.25, 0.3) is 0 Å². The number of thiocarbonyl (C=S) groups is 1. The first-order valence-corrected chi connectivity index (χ1v) is 6.42. The van der Waals surface area contributed by atoms with Gasteiger partial charge in [0.1, 0.15) is 4.99 Å². The fraction of sp³-hybridized carbons (Fsp3) is 0.182. The summed E-state index contributed by atoms with van der Waals surface area (Å²) in [5, 5.41) is 0. The van der Waals surface area contributed by atoms with Crippen molar-refractivity contribution in [3.63, 3.8) is 0 Å². The molecule has 0 aliphatic heterocycles. The lowest BCUT2D eigenvalue weighted by molar-refractivity contribution is -0.117. The number of halogens is 1. The Bertz CT molecular complexity index is 519. The molecule has 0 aliphatic rings. The van der Waals surface area contributed by atoms with Crippen LogP contribution in [0.4, 0.5) is 5.69 Å². The summed E-state index contributed by atoms with van der Waals surface area (Å²) in [5.74, 6) is -1.12. The lowest BCUT2D eigenvalue weighted by Gasteiger charge is -2.22. The largest absolute Gasteiger partial charge is 0.389 e. The van der Waals surface area contributed by atoms with E-state index in [0.717, 1.165) is 0 Å². The van der Waals surface area contributed by atoms with Crippen LogP contribution in [0.25, 0.3) is 0 Å². The molecule has 1 rings (SSSR count). The third-order valence-electron chi connectivity index (χ3n) is 2.28. The maximum Gasteiger partial charge on any atom is 0.236 e. The van der Waals surface area contributed by atoms with Crippen molar-refractivity contribution in [3.8, 4) is 0 Å². The molecule has 0 spiro atoms. The smallest absolute Gasteiger partial charge is 0.236 e. The summed E-state index contributed by atoms with van der Waals surface area (Å²) in [4.78, 5) is 23.7.